The van der Waals surface area contributed by atoms with Crippen LogP contribution in [0.3, 0.4) is 0 Å². The van der Waals surface area contributed by atoms with Crippen LogP contribution in [0.25, 0.3) is 0 Å². The maximum atomic E-state index is 4.51. The molecule has 0 saturated heterocycles. The molecule has 0 N–H and O–H groups in total. The molecule has 9 heavy (non-hydrogen) atoms. The molecule has 0 aliphatic heterocycles. The zero-order chi connectivity index (χ0) is 6.95. The molecule has 0 fully saturated rings. The summed E-state index contributed by atoms with van der Waals surface area (Å²) in [4.78, 5) is 9.02. The highest BCUT2D eigenvalue weighted by atomic mass is 32.2. The second kappa shape index (κ2) is 8.58. The molecule has 0 rings (SSSR count). The molecule has 0 atom stereocenters. The molecular weight excluding hydrogens is 160 g/mol. The lowest BCUT2D eigenvalue weighted by Gasteiger charge is -1.98. The molecule has 0 bridgehead atoms. The van der Waals surface area contributed by atoms with E-state index in [1.165, 1.54) is 23.5 Å². The highest BCUT2D eigenvalue weighted by Gasteiger charge is 1.85. The molecule has 0 aromatic heterocycles. The van der Waals surface area contributed by atoms with Crippen LogP contribution in [-0.2, 0) is 14.8 Å². The van der Waals surface area contributed by atoms with Crippen LogP contribution in [0.15, 0.2) is 0 Å². The summed E-state index contributed by atoms with van der Waals surface area (Å²) in [5, 5.41) is 4.27. The quantitative estimate of drug-likeness (QED) is 0.261. The molecule has 0 aromatic rings. The first-order valence-electron chi connectivity index (χ1n) is 2.30. The normalized spacial score (nSPS) is 10.0. The summed E-state index contributed by atoms with van der Waals surface area (Å²) in [6.45, 7) is 0. The Bertz CT molecular complexity index is 47.1. The topological polar surface area (TPSA) is 27.7 Å². The summed E-state index contributed by atoms with van der Waals surface area (Å²) in [7, 11) is 0. The molecule has 0 aliphatic carbocycles. The second-order valence-corrected chi connectivity index (χ2v) is 2.74. The maximum Gasteiger partial charge on any atom is 0.131 e. The molecule has 0 aromatic carbocycles. The monoisotopic (exact) mass is 170 g/mol. The fourth-order valence-electron chi connectivity index (χ4n) is 0.170. The van der Waals surface area contributed by atoms with Crippen molar-refractivity contribution in [3.05, 3.63) is 0 Å². The fourth-order valence-corrected chi connectivity index (χ4v) is 0.441. The Morgan fingerprint density at radius 1 is 1.00 bits per heavy atom. The SMILES string of the molecule is CSCOOOCSC. The Kier molecular flexibility index (Phi) is 9.13. The standard InChI is InChI=1S/C4H10O3S2/c1-8-3-5-7-6-4-9-2/h3-4H2,1-2H3. The third-order valence-corrected chi connectivity index (χ3v) is 1.09. The lowest BCUT2D eigenvalue weighted by molar-refractivity contribution is -0.498. The van der Waals surface area contributed by atoms with E-state index in [2.05, 4.69) is 14.8 Å². The summed E-state index contributed by atoms with van der Waals surface area (Å²) in [5.41, 5.74) is 0. The van der Waals surface area contributed by atoms with Gasteiger partial charge in [0.2, 0.25) is 0 Å². The van der Waals surface area contributed by atoms with Crippen molar-refractivity contribution in [2.45, 2.75) is 0 Å². The van der Waals surface area contributed by atoms with Crippen molar-refractivity contribution in [3.8, 4) is 0 Å². The third kappa shape index (κ3) is 8.58. The van der Waals surface area contributed by atoms with E-state index >= 15 is 0 Å². The first kappa shape index (κ1) is 9.58. The molecule has 0 aliphatic rings. The minimum Gasteiger partial charge on any atom is -0.195 e. The fraction of sp³-hybridized carbons (Fsp3) is 1.00. The summed E-state index contributed by atoms with van der Waals surface area (Å²) in [6, 6.07) is 0. The lowest BCUT2D eigenvalue weighted by atomic mass is 11.7. The van der Waals surface area contributed by atoms with Crippen LogP contribution in [0.4, 0.5) is 0 Å². The smallest absolute Gasteiger partial charge is 0.131 e. The zero-order valence-electron chi connectivity index (χ0n) is 5.46. The molecule has 0 saturated carbocycles. The van der Waals surface area contributed by atoms with Crippen LogP contribution in [0.1, 0.15) is 0 Å². The van der Waals surface area contributed by atoms with E-state index in [0.717, 1.165) is 0 Å². The van der Waals surface area contributed by atoms with Gasteiger partial charge in [-0.05, 0) is 12.5 Å². The minimum atomic E-state index is 0.494. The van der Waals surface area contributed by atoms with Gasteiger partial charge in [0.15, 0.2) is 0 Å². The van der Waals surface area contributed by atoms with Gasteiger partial charge in [0.05, 0.1) is 0 Å². The molecule has 0 spiro atoms. The van der Waals surface area contributed by atoms with Gasteiger partial charge in [0, 0.05) is 0 Å². The number of hydrogen-bond acceptors (Lipinski definition) is 5. The van der Waals surface area contributed by atoms with Crippen molar-refractivity contribution in [1.29, 1.82) is 0 Å². The van der Waals surface area contributed by atoms with Gasteiger partial charge < -0.3 is 0 Å². The van der Waals surface area contributed by atoms with Gasteiger partial charge in [0.1, 0.15) is 11.9 Å². The van der Waals surface area contributed by atoms with Crippen LogP contribution < -0.4 is 0 Å². The predicted octanol–water partition coefficient (Wildman–Crippen LogP) is 1.51. The Morgan fingerprint density at radius 3 is 1.78 bits per heavy atom. The molecule has 0 unspecified atom stereocenters. The van der Waals surface area contributed by atoms with Crippen molar-refractivity contribution in [2.75, 3.05) is 24.4 Å². The van der Waals surface area contributed by atoms with Gasteiger partial charge in [-0.1, -0.05) is 5.04 Å². The van der Waals surface area contributed by atoms with E-state index in [1.54, 1.807) is 0 Å². The Labute approximate surface area is 63.3 Å². The van der Waals surface area contributed by atoms with Crippen LogP contribution >= 0.6 is 23.5 Å². The van der Waals surface area contributed by atoms with E-state index in [0.29, 0.717) is 11.9 Å². The second-order valence-electron chi connectivity index (χ2n) is 1.12. The summed E-state index contributed by atoms with van der Waals surface area (Å²) >= 11 is 3.05. The molecular formula is C4H10O3S2. The molecule has 0 radical (unpaired) electrons. The van der Waals surface area contributed by atoms with E-state index in [9.17, 15) is 0 Å². The Morgan fingerprint density at radius 2 is 1.44 bits per heavy atom. The van der Waals surface area contributed by atoms with Crippen molar-refractivity contribution >= 4 is 23.5 Å². The van der Waals surface area contributed by atoms with E-state index in [1.807, 2.05) is 12.5 Å². The molecule has 3 nitrogen and oxygen atoms in total. The average Bonchev–Trinajstić information content (AvgIpc) is 1.89. The van der Waals surface area contributed by atoms with Gasteiger partial charge in [-0.15, -0.1) is 23.5 Å². The van der Waals surface area contributed by atoms with Crippen molar-refractivity contribution in [2.24, 2.45) is 0 Å². The molecule has 56 valence electrons. The predicted molar refractivity (Wildman–Crippen MR) is 40.0 cm³/mol. The molecule has 5 heteroatoms. The maximum absolute atomic E-state index is 4.51. The van der Waals surface area contributed by atoms with Crippen molar-refractivity contribution in [1.82, 2.24) is 0 Å². The van der Waals surface area contributed by atoms with E-state index < -0.39 is 0 Å². The van der Waals surface area contributed by atoms with Gasteiger partial charge >= 0.3 is 0 Å². The Hall–Kier alpha value is 0.580. The number of rotatable bonds is 6. The molecule has 0 heterocycles. The van der Waals surface area contributed by atoms with Gasteiger partial charge in [0.25, 0.3) is 0 Å². The van der Waals surface area contributed by atoms with Crippen LogP contribution in [0, 0.1) is 0 Å². The van der Waals surface area contributed by atoms with Crippen LogP contribution in [-0.4, -0.2) is 24.4 Å². The first-order valence-corrected chi connectivity index (χ1v) is 5.09. The largest absolute Gasteiger partial charge is 0.195 e. The van der Waals surface area contributed by atoms with Gasteiger partial charge in [-0.25, -0.2) is 0 Å². The van der Waals surface area contributed by atoms with Crippen molar-refractivity contribution < 1.29 is 14.8 Å². The average molecular weight is 170 g/mol. The summed E-state index contributed by atoms with van der Waals surface area (Å²) in [6.07, 6.45) is 3.83. The summed E-state index contributed by atoms with van der Waals surface area (Å²) in [5.74, 6) is 0.989. The van der Waals surface area contributed by atoms with Gasteiger partial charge in [-0.2, -0.15) is 9.78 Å². The highest BCUT2D eigenvalue weighted by molar-refractivity contribution is 7.98. The third-order valence-electron chi connectivity index (χ3n) is 0.428. The number of thioether (sulfide) groups is 2. The highest BCUT2D eigenvalue weighted by Crippen LogP contribution is 1.96. The summed E-state index contributed by atoms with van der Waals surface area (Å²) < 4.78 is 0. The van der Waals surface area contributed by atoms with Crippen LogP contribution in [0.5, 0.6) is 0 Å². The van der Waals surface area contributed by atoms with E-state index in [4.69, 9.17) is 0 Å². The molecule has 0 amide bonds. The van der Waals surface area contributed by atoms with Gasteiger partial charge in [-0.3, -0.25) is 0 Å². The minimum absolute atomic E-state index is 0.494. The first-order chi connectivity index (χ1) is 4.41. The van der Waals surface area contributed by atoms with Crippen molar-refractivity contribution in [3.63, 3.8) is 0 Å². The van der Waals surface area contributed by atoms with Crippen LogP contribution in [0.2, 0.25) is 0 Å². The lowest BCUT2D eigenvalue weighted by Crippen LogP contribution is -1.94. The number of hydrogen-bond donors (Lipinski definition) is 0. The Balaban J connectivity index is 2.60. The zero-order valence-corrected chi connectivity index (χ0v) is 7.09. The van der Waals surface area contributed by atoms with E-state index in [-0.39, 0.29) is 0 Å².